The van der Waals surface area contributed by atoms with E-state index in [9.17, 15) is 18.3 Å². The van der Waals surface area contributed by atoms with Crippen molar-refractivity contribution in [3.63, 3.8) is 0 Å². The lowest BCUT2D eigenvalue weighted by Gasteiger charge is -2.23. The van der Waals surface area contributed by atoms with Crippen LogP contribution >= 0.6 is 0 Å². The second kappa shape index (κ2) is 7.02. The van der Waals surface area contributed by atoms with Crippen molar-refractivity contribution in [1.29, 1.82) is 0 Å². The second-order valence-electron chi connectivity index (χ2n) is 5.41. The van der Waals surface area contributed by atoms with Crippen LogP contribution in [0.5, 0.6) is 0 Å². The summed E-state index contributed by atoms with van der Waals surface area (Å²) in [6, 6.07) is 6.06. The SMILES string of the molecule is CC(C)CN(CC(N)=O)S(=O)(=O)c1cccc(C(C)O)c1. The fourth-order valence-electron chi connectivity index (χ4n) is 1.91. The van der Waals surface area contributed by atoms with Gasteiger partial charge in [0.15, 0.2) is 0 Å². The lowest BCUT2D eigenvalue weighted by molar-refractivity contribution is -0.118. The first-order valence-corrected chi connectivity index (χ1v) is 8.15. The zero-order valence-corrected chi connectivity index (χ0v) is 13.3. The van der Waals surface area contributed by atoms with Gasteiger partial charge in [-0.15, -0.1) is 0 Å². The van der Waals surface area contributed by atoms with Crippen LogP contribution in [-0.2, 0) is 14.8 Å². The summed E-state index contributed by atoms with van der Waals surface area (Å²) in [6.07, 6.45) is -0.769. The van der Waals surface area contributed by atoms with Gasteiger partial charge in [0, 0.05) is 6.54 Å². The van der Waals surface area contributed by atoms with E-state index in [2.05, 4.69) is 0 Å². The van der Waals surface area contributed by atoms with Crippen molar-refractivity contribution < 1.29 is 18.3 Å². The maximum atomic E-state index is 12.6. The van der Waals surface area contributed by atoms with Crippen LogP contribution in [0.15, 0.2) is 29.2 Å². The smallest absolute Gasteiger partial charge is 0.243 e. The number of nitrogens with two attached hydrogens (primary N) is 1. The third-order valence-electron chi connectivity index (χ3n) is 2.88. The van der Waals surface area contributed by atoms with E-state index in [-0.39, 0.29) is 23.9 Å². The molecule has 7 heteroatoms. The van der Waals surface area contributed by atoms with Gasteiger partial charge in [0.1, 0.15) is 0 Å². The van der Waals surface area contributed by atoms with Crippen LogP contribution in [0.1, 0.15) is 32.4 Å². The number of nitrogens with zero attached hydrogens (tertiary/aromatic N) is 1. The second-order valence-corrected chi connectivity index (χ2v) is 7.34. The molecule has 0 aliphatic rings. The summed E-state index contributed by atoms with van der Waals surface area (Å²) in [7, 11) is -3.83. The molecular weight excluding hydrogens is 292 g/mol. The maximum Gasteiger partial charge on any atom is 0.243 e. The zero-order valence-electron chi connectivity index (χ0n) is 12.5. The van der Waals surface area contributed by atoms with E-state index in [1.807, 2.05) is 13.8 Å². The molecule has 21 heavy (non-hydrogen) atoms. The topological polar surface area (TPSA) is 101 Å². The Kier molecular flexibility index (Phi) is 5.88. The summed E-state index contributed by atoms with van der Waals surface area (Å²) >= 11 is 0. The molecule has 118 valence electrons. The van der Waals surface area contributed by atoms with Gasteiger partial charge in [-0.2, -0.15) is 4.31 Å². The van der Waals surface area contributed by atoms with Crippen LogP contribution in [0.4, 0.5) is 0 Å². The molecule has 6 nitrogen and oxygen atoms in total. The molecule has 0 saturated heterocycles. The predicted octanol–water partition coefficient (Wildman–Crippen LogP) is 0.872. The summed E-state index contributed by atoms with van der Waals surface area (Å²) in [4.78, 5) is 11.2. The number of sulfonamides is 1. The molecule has 0 aliphatic carbocycles. The van der Waals surface area contributed by atoms with Crippen molar-refractivity contribution in [3.05, 3.63) is 29.8 Å². The van der Waals surface area contributed by atoms with Crippen molar-refractivity contribution in [1.82, 2.24) is 4.31 Å². The Bertz CT molecular complexity index is 597. The van der Waals surface area contributed by atoms with E-state index >= 15 is 0 Å². The van der Waals surface area contributed by atoms with Gasteiger partial charge in [-0.1, -0.05) is 26.0 Å². The summed E-state index contributed by atoms with van der Waals surface area (Å²) in [5.74, 6) is -0.648. The molecule has 0 heterocycles. The first kappa shape index (κ1) is 17.6. The van der Waals surface area contributed by atoms with Gasteiger partial charge in [0.25, 0.3) is 0 Å². The number of aliphatic hydroxyl groups is 1. The highest BCUT2D eigenvalue weighted by Gasteiger charge is 2.27. The average molecular weight is 314 g/mol. The van der Waals surface area contributed by atoms with E-state index in [0.717, 1.165) is 4.31 Å². The predicted molar refractivity (Wildman–Crippen MR) is 79.9 cm³/mol. The number of carbonyl (C=O) groups is 1. The minimum absolute atomic E-state index is 0.0443. The highest BCUT2D eigenvalue weighted by molar-refractivity contribution is 7.89. The number of amides is 1. The summed E-state index contributed by atoms with van der Waals surface area (Å²) in [6.45, 7) is 5.11. The first-order chi connectivity index (χ1) is 9.64. The Morgan fingerprint density at radius 3 is 2.43 bits per heavy atom. The number of primary amides is 1. The Morgan fingerprint density at radius 1 is 1.33 bits per heavy atom. The third kappa shape index (κ3) is 4.80. The number of hydrogen-bond acceptors (Lipinski definition) is 4. The highest BCUT2D eigenvalue weighted by Crippen LogP contribution is 2.21. The molecule has 1 aromatic rings. The molecule has 1 rings (SSSR count). The fraction of sp³-hybridized carbons (Fsp3) is 0.500. The summed E-state index contributed by atoms with van der Waals surface area (Å²) in [5.41, 5.74) is 5.64. The molecule has 0 aliphatic heterocycles. The highest BCUT2D eigenvalue weighted by atomic mass is 32.2. The molecule has 0 aromatic heterocycles. The molecule has 1 unspecified atom stereocenters. The normalized spacial score (nSPS) is 13.6. The Balaban J connectivity index is 3.21. The average Bonchev–Trinajstić information content (AvgIpc) is 2.37. The largest absolute Gasteiger partial charge is 0.389 e. The Morgan fingerprint density at radius 2 is 1.95 bits per heavy atom. The van der Waals surface area contributed by atoms with Crippen LogP contribution in [-0.4, -0.2) is 36.8 Å². The van der Waals surface area contributed by atoms with E-state index in [1.165, 1.54) is 12.1 Å². The lowest BCUT2D eigenvalue weighted by Crippen LogP contribution is -2.40. The molecule has 0 spiro atoms. The van der Waals surface area contributed by atoms with Crippen molar-refractivity contribution in [2.24, 2.45) is 11.7 Å². The Hall–Kier alpha value is -1.44. The van der Waals surface area contributed by atoms with Gasteiger partial charge in [0.2, 0.25) is 15.9 Å². The van der Waals surface area contributed by atoms with Crippen LogP contribution in [0, 0.1) is 5.92 Å². The number of aliphatic hydroxyl groups excluding tert-OH is 1. The molecule has 1 aromatic carbocycles. The van der Waals surface area contributed by atoms with E-state index in [0.29, 0.717) is 5.56 Å². The quantitative estimate of drug-likeness (QED) is 0.780. The number of carbonyl (C=O) groups excluding carboxylic acids is 1. The Labute approximate surface area is 125 Å². The molecule has 0 fully saturated rings. The van der Waals surface area contributed by atoms with E-state index in [4.69, 9.17) is 5.73 Å². The van der Waals surface area contributed by atoms with E-state index < -0.39 is 22.0 Å². The van der Waals surface area contributed by atoms with Crippen molar-refractivity contribution in [2.75, 3.05) is 13.1 Å². The standard InChI is InChI=1S/C14H22N2O4S/c1-10(2)8-16(9-14(15)18)21(19,20)13-6-4-5-12(7-13)11(3)17/h4-7,10-11,17H,8-9H2,1-3H3,(H2,15,18). The van der Waals surface area contributed by atoms with E-state index in [1.54, 1.807) is 19.1 Å². The number of hydrogen-bond donors (Lipinski definition) is 2. The molecule has 0 bridgehead atoms. The molecule has 0 radical (unpaired) electrons. The van der Waals surface area contributed by atoms with Gasteiger partial charge >= 0.3 is 0 Å². The lowest BCUT2D eigenvalue weighted by atomic mass is 10.1. The minimum Gasteiger partial charge on any atom is -0.389 e. The maximum absolute atomic E-state index is 12.6. The van der Waals surface area contributed by atoms with Crippen molar-refractivity contribution >= 4 is 15.9 Å². The monoisotopic (exact) mass is 314 g/mol. The van der Waals surface area contributed by atoms with Crippen LogP contribution in [0.3, 0.4) is 0 Å². The van der Waals surface area contributed by atoms with Gasteiger partial charge in [-0.05, 0) is 30.5 Å². The molecule has 1 atom stereocenters. The van der Waals surface area contributed by atoms with Crippen LogP contribution in [0.2, 0.25) is 0 Å². The molecular formula is C14H22N2O4S. The van der Waals surface area contributed by atoms with Gasteiger partial charge in [-0.3, -0.25) is 4.79 Å². The molecule has 3 N–H and O–H groups in total. The molecule has 0 saturated carbocycles. The first-order valence-electron chi connectivity index (χ1n) is 6.71. The van der Waals surface area contributed by atoms with Gasteiger partial charge in [0.05, 0.1) is 17.5 Å². The van der Waals surface area contributed by atoms with Crippen molar-refractivity contribution in [2.45, 2.75) is 31.8 Å². The third-order valence-corrected chi connectivity index (χ3v) is 4.69. The van der Waals surface area contributed by atoms with Gasteiger partial charge in [-0.25, -0.2) is 8.42 Å². The summed E-state index contributed by atoms with van der Waals surface area (Å²) in [5, 5.41) is 9.56. The summed E-state index contributed by atoms with van der Waals surface area (Å²) < 4.78 is 26.3. The number of rotatable bonds is 7. The zero-order chi connectivity index (χ0) is 16.2. The van der Waals surface area contributed by atoms with Gasteiger partial charge < -0.3 is 10.8 Å². The van der Waals surface area contributed by atoms with Crippen LogP contribution in [0.25, 0.3) is 0 Å². The van der Waals surface area contributed by atoms with Crippen LogP contribution < -0.4 is 5.73 Å². The van der Waals surface area contributed by atoms with Crippen molar-refractivity contribution in [3.8, 4) is 0 Å². The number of benzene rings is 1. The molecule has 1 amide bonds. The minimum atomic E-state index is -3.83. The fourth-order valence-corrected chi connectivity index (χ4v) is 3.54.